The molecule has 142 valence electrons. The number of benzene rings is 2. The van der Waals surface area contributed by atoms with Gasteiger partial charge in [-0.3, -0.25) is 9.59 Å². The Morgan fingerprint density at radius 1 is 1.11 bits per heavy atom. The zero-order valence-electron chi connectivity index (χ0n) is 16.2. The lowest BCUT2D eigenvalue weighted by atomic mass is 10.1. The number of carbonyl (C=O) groups is 1. The van der Waals surface area contributed by atoms with Crippen molar-refractivity contribution in [1.82, 2.24) is 9.78 Å². The molecule has 1 amide bonds. The Balaban J connectivity index is 1.77. The molecular formula is C22H21N3O2S. The fourth-order valence-corrected chi connectivity index (χ4v) is 4.68. The van der Waals surface area contributed by atoms with E-state index in [0.29, 0.717) is 5.39 Å². The number of carbonyl (C=O) groups excluding carboxylic acids is 1. The number of aromatic nitrogens is 2. The average molecular weight is 391 g/mol. The van der Waals surface area contributed by atoms with Crippen molar-refractivity contribution in [2.24, 2.45) is 0 Å². The summed E-state index contributed by atoms with van der Waals surface area (Å²) in [6.07, 6.45) is 0. The van der Waals surface area contributed by atoms with Crippen LogP contribution in [0.4, 0.5) is 5.69 Å². The molecule has 0 bridgehead atoms. The summed E-state index contributed by atoms with van der Waals surface area (Å²) in [6.45, 7) is 7.54. The first kappa shape index (κ1) is 18.4. The van der Waals surface area contributed by atoms with Gasteiger partial charge in [-0.15, -0.1) is 11.3 Å². The van der Waals surface area contributed by atoms with E-state index in [1.54, 1.807) is 18.3 Å². The Morgan fingerprint density at radius 3 is 2.50 bits per heavy atom. The van der Waals surface area contributed by atoms with Crippen molar-refractivity contribution in [3.05, 3.63) is 69.6 Å². The molecule has 6 heteroatoms. The van der Waals surface area contributed by atoms with Gasteiger partial charge in [0, 0.05) is 15.8 Å². The molecule has 1 N–H and O–H groups in total. The van der Waals surface area contributed by atoms with E-state index in [1.807, 2.05) is 63.2 Å². The first-order valence-corrected chi connectivity index (χ1v) is 9.96. The number of anilines is 1. The number of fused-ring (bicyclic) bond motifs is 3. The van der Waals surface area contributed by atoms with E-state index >= 15 is 0 Å². The maximum atomic E-state index is 13.2. The largest absolute Gasteiger partial charge is 0.324 e. The minimum absolute atomic E-state index is 0.235. The van der Waals surface area contributed by atoms with E-state index in [1.165, 1.54) is 4.68 Å². The van der Waals surface area contributed by atoms with Crippen molar-refractivity contribution in [2.45, 2.75) is 33.7 Å². The zero-order chi connectivity index (χ0) is 20.0. The van der Waals surface area contributed by atoms with E-state index in [0.717, 1.165) is 37.3 Å². The van der Waals surface area contributed by atoms with Gasteiger partial charge in [0.2, 0.25) is 5.91 Å². The Labute approximate surface area is 166 Å². The third kappa shape index (κ3) is 3.10. The van der Waals surface area contributed by atoms with Gasteiger partial charge in [0.1, 0.15) is 6.04 Å². The highest BCUT2D eigenvalue weighted by molar-refractivity contribution is 7.26. The summed E-state index contributed by atoms with van der Waals surface area (Å²) in [6, 6.07) is 13.0. The van der Waals surface area contributed by atoms with Crippen LogP contribution in [0.5, 0.6) is 0 Å². The minimum Gasteiger partial charge on any atom is -0.324 e. The molecule has 2 aromatic carbocycles. The van der Waals surface area contributed by atoms with Gasteiger partial charge in [-0.05, 0) is 57.0 Å². The second kappa shape index (κ2) is 6.87. The van der Waals surface area contributed by atoms with Gasteiger partial charge in [0.15, 0.2) is 0 Å². The van der Waals surface area contributed by atoms with Gasteiger partial charge >= 0.3 is 0 Å². The van der Waals surface area contributed by atoms with E-state index in [2.05, 4.69) is 10.4 Å². The Kier molecular flexibility index (Phi) is 4.51. The van der Waals surface area contributed by atoms with Crippen LogP contribution in [-0.2, 0) is 4.79 Å². The number of thiophene rings is 1. The molecule has 0 fully saturated rings. The molecule has 2 heterocycles. The Morgan fingerprint density at radius 2 is 1.79 bits per heavy atom. The van der Waals surface area contributed by atoms with Crippen molar-refractivity contribution < 1.29 is 4.79 Å². The van der Waals surface area contributed by atoms with Crippen molar-refractivity contribution in [3.63, 3.8) is 0 Å². The molecule has 0 aliphatic rings. The van der Waals surface area contributed by atoms with Gasteiger partial charge in [0.25, 0.3) is 5.56 Å². The smallest absolute Gasteiger partial charge is 0.276 e. The minimum atomic E-state index is -0.727. The lowest BCUT2D eigenvalue weighted by Gasteiger charge is -2.15. The first-order chi connectivity index (χ1) is 13.3. The van der Waals surface area contributed by atoms with Crippen LogP contribution >= 0.6 is 11.3 Å². The summed E-state index contributed by atoms with van der Waals surface area (Å²) in [5.41, 5.74) is 3.38. The summed E-state index contributed by atoms with van der Waals surface area (Å²) in [7, 11) is 0. The SMILES string of the molecule is Cc1cc(C)cc(NC(=O)[C@H](C)n2nc(C)c3sc4ccccc4c3c2=O)c1. The second-order valence-electron chi connectivity index (χ2n) is 7.18. The Hall–Kier alpha value is -2.99. The van der Waals surface area contributed by atoms with Crippen LogP contribution in [-0.4, -0.2) is 15.7 Å². The predicted octanol–water partition coefficient (Wildman–Crippen LogP) is 4.74. The number of rotatable bonds is 3. The molecule has 0 saturated heterocycles. The van der Waals surface area contributed by atoms with Gasteiger partial charge in [-0.2, -0.15) is 5.10 Å². The van der Waals surface area contributed by atoms with E-state index < -0.39 is 6.04 Å². The summed E-state index contributed by atoms with van der Waals surface area (Å²) in [5, 5.41) is 8.91. The molecule has 4 rings (SSSR count). The van der Waals surface area contributed by atoms with Crippen molar-refractivity contribution in [2.75, 3.05) is 5.32 Å². The average Bonchev–Trinajstić information content (AvgIpc) is 3.03. The number of nitrogens with one attached hydrogen (secondary N) is 1. The Bertz CT molecular complexity index is 1270. The zero-order valence-corrected chi connectivity index (χ0v) is 17.1. The molecule has 2 aromatic heterocycles. The maximum Gasteiger partial charge on any atom is 0.276 e. The van der Waals surface area contributed by atoms with E-state index in [-0.39, 0.29) is 11.5 Å². The molecule has 5 nitrogen and oxygen atoms in total. The summed E-state index contributed by atoms with van der Waals surface area (Å²) >= 11 is 1.56. The van der Waals surface area contributed by atoms with Gasteiger partial charge < -0.3 is 5.32 Å². The quantitative estimate of drug-likeness (QED) is 0.549. The number of amides is 1. The predicted molar refractivity (Wildman–Crippen MR) is 115 cm³/mol. The molecule has 0 aliphatic heterocycles. The van der Waals surface area contributed by atoms with Gasteiger partial charge in [-0.1, -0.05) is 24.3 Å². The molecule has 1 atom stereocenters. The summed E-state index contributed by atoms with van der Waals surface area (Å²) < 4.78 is 3.23. The molecule has 0 aliphatic carbocycles. The second-order valence-corrected chi connectivity index (χ2v) is 8.23. The monoisotopic (exact) mass is 391 g/mol. The van der Waals surface area contributed by atoms with Gasteiger partial charge in [0.05, 0.1) is 15.8 Å². The normalized spacial score (nSPS) is 12.4. The standard InChI is InChI=1S/C22H21N3O2S/c1-12-9-13(2)11-16(10-12)23-21(26)15(4)25-22(27)19-17-7-5-6-8-18(17)28-20(19)14(3)24-25/h5-11,15H,1-4H3,(H,23,26)/t15-/m0/s1. The summed E-state index contributed by atoms with van der Waals surface area (Å²) in [4.78, 5) is 26.0. The van der Waals surface area contributed by atoms with Crippen LogP contribution in [0.3, 0.4) is 0 Å². The third-order valence-electron chi connectivity index (χ3n) is 4.84. The van der Waals surface area contributed by atoms with Crippen LogP contribution in [0.1, 0.15) is 29.8 Å². The first-order valence-electron chi connectivity index (χ1n) is 9.15. The molecule has 28 heavy (non-hydrogen) atoms. The van der Waals surface area contributed by atoms with Crippen molar-refractivity contribution in [3.8, 4) is 0 Å². The number of nitrogens with zero attached hydrogens (tertiary/aromatic N) is 2. The highest BCUT2D eigenvalue weighted by atomic mass is 32.1. The highest BCUT2D eigenvalue weighted by Gasteiger charge is 2.22. The highest BCUT2D eigenvalue weighted by Crippen LogP contribution is 2.33. The van der Waals surface area contributed by atoms with Crippen molar-refractivity contribution >= 4 is 43.1 Å². The molecule has 0 saturated carbocycles. The van der Waals surface area contributed by atoms with Crippen LogP contribution in [0.15, 0.2) is 47.3 Å². The fraction of sp³-hybridized carbons (Fsp3) is 0.227. The molecule has 0 radical (unpaired) electrons. The number of hydrogen-bond acceptors (Lipinski definition) is 4. The summed E-state index contributed by atoms with van der Waals surface area (Å²) in [5.74, 6) is -0.266. The van der Waals surface area contributed by atoms with Crippen LogP contribution in [0, 0.1) is 20.8 Å². The third-order valence-corrected chi connectivity index (χ3v) is 6.12. The van der Waals surface area contributed by atoms with Crippen LogP contribution < -0.4 is 10.9 Å². The fourth-order valence-electron chi connectivity index (χ4n) is 3.55. The van der Waals surface area contributed by atoms with Crippen LogP contribution in [0.25, 0.3) is 20.2 Å². The molecule has 0 unspecified atom stereocenters. The van der Waals surface area contributed by atoms with Gasteiger partial charge in [-0.25, -0.2) is 4.68 Å². The molecular weight excluding hydrogens is 370 g/mol. The molecule has 4 aromatic rings. The number of hydrogen-bond donors (Lipinski definition) is 1. The number of aryl methyl sites for hydroxylation is 3. The topological polar surface area (TPSA) is 64.0 Å². The van der Waals surface area contributed by atoms with E-state index in [4.69, 9.17) is 0 Å². The lowest BCUT2D eigenvalue weighted by molar-refractivity contribution is -0.119. The van der Waals surface area contributed by atoms with Crippen LogP contribution in [0.2, 0.25) is 0 Å². The lowest BCUT2D eigenvalue weighted by Crippen LogP contribution is -2.33. The maximum absolute atomic E-state index is 13.2. The van der Waals surface area contributed by atoms with Crippen molar-refractivity contribution in [1.29, 1.82) is 0 Å². The van der Waals surface area contributed by atoms with E-state index in [9.17, 15) is 9.59 Å². The molecule has 0 spiro atoms.